The summed E-state index contributed by atoms with van der Waals surface area (Å²) in [6.07, 6.45) is 0. The second kappa shape index (κ2) is 6.15. The van der Waals surface area contributed by atoms with Gasteiger partial charge in [0.25, 0.3) is 0 Å². The molecule has 0 saturated carbocycles. The summed E-state index contributed by atoms with van der Waals surface area (Å²) < 4.78 is 31.2. The van der Waals surface area contributed by atoms with Crippen LogP contribution in [0.5, 0.6) is 0 Å². The van der Waals surface area contributed by atoms with Gasteiger partial charge in [0, 0.05) is 16.5 Å². The van der Waals surface area contributed by atoms with E-state index >= 15 is 0 Å². The van der Waals surface area contributed by atoms with Gasteiger partial charge in [-0.3, -0.25) is 4.18 Å². The van der Waals surface area contributed by atoms with Crippen LogP contribution in [0.3, 0.4) is 0 Å². The normalized spacial score (nSPS) is 13.4. The quantitative estimate of drug-likeness (QED) is 0.730. The van der Waals surface area contributed by atoms with Crippen molar-refractivity contribution in [1.29, 1.82) is 0 Å². The molecule has 1 unspecified atom stereocenters. The molecule has 0 saturated heterocycles. The van der Waals surface area contributed by atoms with Crippen molar-refractivity contribution < 1.29 is 12.8 Å². The van der Waals surface area contributed by atoms with Crippen molar-refractivity contribution >= 4 is 22.0 Å². The summed E-state index contributed by atoms with van der Waals surface area (Å²) in [5.41, 5.74) is 3.10. The number of hydrogen-bond acceptors (Lipinski definition) is 2. The summed E-state index contributed by atoms with van der Waals surface area (Å²) in [6, 6.07) is 12.9. The Kier molecular flexibility index (Phi) is 4.32. The largest absolute Gasteiger partial charge is 0.346 e. The molecule has 1 aromatic heterocycles. The van der Waals surface area contributed by atoms with Crippen LogP contribution in [0.2, 0.25) is 0 Å². The first kappa shape index (κ1) is 16.9. The molecule has 126 valence electrons. The molecule has 5 heteroatoms. The Balaban J connectivity index is 2.13. The van der Waals surface area contributed by atoms with Gasteiger partial charge in [-0.15, -0.1) is 0 Å². The van der Waals surface area contributed by atoms with Gasteiger partial charge in [0.1, 0.15) is 10.8 Å². The molecular weight excluding hydrogens is 325 g/mol. The van der Waals surface area contributed by atoms with Gasteiger partial charge < -0.3 is 4.98 Å². The van der Waals surface area contributed by atoms with Crippen molar-refractivity contribution in [2.75, 3.05) is 7.11 Å². The number of fused-ring (bicyclic) bond motifs is 1. The number of aromatic amines is 1. The van der Waals surface area contributed by atoms with E-state index in [2.05, 4.69) is 31.8 Å². The number of nitrogens with one attached hydrogen (secondary N) is 1. The molecule has 0 aliphatic rings. The van der Waals surface area contributed by atoms with E-state index in [1.54, 1.807) is 12.1 Å². The highest BCUT2D eigenvalue weighted by atomic mass is 32.2. The van der Waals surface area contributed by atoms with Gasteiger partial charge >= 0.3 is 0 Å². The lowest BCUT2D eigenvalue weighted by molar-refractivity contribution is 0.444. The molecule has 3 aromatic rings. The highest BCUT2D eigenvalue weighted by molar-refractivity contribution is 7.80. The van der Waals surface area contributed by atoms with Crippen molar-refractivity contribution in [2.45, 2.75) is 31.2 Å². The van der Waals surface area contributed by atoms with Gasteiger partial charge in [-0.05, 0) is 34.7 Å². The van der Waals surface area contributed by atoms with Crippen LogP contribution in [-0.2, 0) is 20.7 Å². The van der Waals surface area contributed by atoms with Crippen molar-refractivity contribution in [3.05, 3.63) is 53.8 Å². The fraction of sp³-hybridized carbons (Fsp3) is 0.263. The second-order valence-corrected chi connectivity index (χ2v) is 8.03. The van der Waals surface area contributed by atoms with E-state index in [9.17, 15) is 8.60 Å². The van der Waals surface area contributed by atoms with Crippen molar-refractivity contribution in [2.24, 2.45) is 0 Å². The van der Waals surface area contributed by atoms with Crippen LogP contribution < -0.4 is 0 Å². The molecule has 0 fully saturated rings. The first-order chi connectivity index (χ1) is 11.3. The molecule has 24 heavy (non-hydrogen) atoms. The Morgan fingerprint density at radius 2 is 1.88 bits per heavy atom. The van der Waals surface area contributed by atoms with E-state index in [1.165, 1.54) is 13.2 Å². The molecule has 0 aliphatic heterocycles. The minimum Gasteiger partial charge on any atom is -0.346 e. The van der Waals surface area contributed by atoms with Gasteiger partial charge in [0.05, 0.1) is 7.11 Å². The highest BCUT2D eigenvalue weighted by Crippen LogP contribution is 2.32. The molecule has 0 bridgehead atoms. The van der Waals surface area contributed by atoms with E-state index in [1.807, 2.05) is 18.2 Å². The van der Waals surface area contributed by atoms with Crippen LogP contribution in [-0.4, -0.2) is 16.3 Å². The molecular formula is C19H20FNO2S. The van der Waals surface area contributed by atoms with Gasteiger partial charge in [0.15, 0.2) is 0 Å². The zero-order valence-electron chi connectivity index (χ0n) is 14.1. The Hall–Kier alpha value is -1.98. The summed E-state index contributed by atoms with van der Waals surface area (Å²) in [6.45, 7) is 6.39. The predicted molar refractivity (Wildman–Crippen MR) is 95.8 cm³/mol. The number of aromatic nitrogens is 1. The van der Waals surface area contributed by atoms with Gasteiger partial charge in [-0.1, -0.05) is 45.0 Å². The molecule has 0 amide bonds. The van der Waals surface area contributed by atoms with Crippen LogP contribution in [0.1, 0.15) is 26.3 Å². The van der Waals surface area contributed by atoms with Gasteiger partial charge in [0.2, 0.25) is 11.1 Å². The highest BCUT2D eigenvalue weighted by Gasteiger charge is 2.16. The fourth-order valence-corrected chi connectivity index (χ4v) is 3.28. The predicted octanol–water partition coefficient (Wildman–Crippen LogP) is 4.94. The first-order valence-electron chi connectivity index (χ1n) is 7.69. The SMILES string of the molecule is COS(=O)c1cc2cc(-c3cccc(C(C)(C)C)c3)c(F)cc2[nH]1. The number of H-pyrrole nitrogens is 1. The monoisotopic (exact) mass is 345 g/mol. The maximum atomic E-state index is 14.6. The zero-order chi connectivity index (χ0) is 17.5. The van der Waals surface area contributed by atoms with E-state index in [0.29, 0.717) is 16.1 Å². The summed E-state index contributed by atoms with van der Waals surface area (Å²) in [5.74, 6) is -0.315. The van der Waals surface area contributed by atoms with Crippen molar-refractivity contribution in [1.82, 2.24) is 4.98 Å². The zero-order valence-corrected chi connectivity index (χ0v) is 15.0. The summed E-state index contributed by atoms with van der Waals surface area (Å²) >= 11 is -1.57. The average Bonchev–Trinajstić information content (AvgIpc) is 2.95. The summed E-state index contributed by atoms with van der Waals surface area (Å²) in [5, 5.41) is 1.22. The Morgan fingerprint density at radius 1 is 1.12 bits per heavy atom. The van der Waals surface area contributed by atoms with E-state index in [-0.39, 0.29) is 11.2 Å². The van der Waals surface area contributed by atoms with Crippen LogP contribution in [0.25, 0.3) is 22.0 Å². The standard InChI is InChI=1S/C19H20FNO2S/c1-19(2,3)14-7-5-6-12(8-14)15-9-13-10-18(24(22)23-4)21-17(13)11-16(15)20/h5-11,21H,1-4H3. The van der Waals surface area contributed by atoms with Gasteiger partial charge in [-0.2, -0.15) is 0 Å². The van der Waals surface area contributed by atoms with E-state index in [4.69, 9.17) is 4.18 Å². The maximum absolute atomic E-state index is 14.6. The molecule has 3 rings (SSSR count). The molecule has 3 nitrogen and oxygen atoms in total. The topological polar surface area (TPSA) is 42.1 Å². The van der Waals surface area contributed by atoms with E-state index in [0.717, 1.165) is 16.5 Å². The number of rotatable bonds is 3. The molecule has 2 aromatic carbocycles. The molecule has 1 heterocycles. The van der Waals surface area contributed by atoms with Crippen molar-refractivity contribution in [3.63, 3.8) is 0 Å². The van der Waals surface area contributed by atoms with Crippen LogP contribution >= 0.6 is 0 Å². The smallest absolute Gasteiger partial charge is 0.205 e. The third kappa shape index (κ3) is 3.14. The lowest BCUT2D eigenvalue weighted by atomic mass is 9.85. The third-order valence-electron chi connectivity index (χ3n) is 4.05. The molecule has 1 atom stereocenters. The Morgan fingerprint density at radius 3 is 2.54 bits per heavy atom. The number of benzene rings is 2. The second-order valence-electron chi connectivity index (χ2n) is 6.79. The molecule has 0 spiro atoms. The first-order valence-corrected chi connectivity index (χ1v) is 8.76. The third-order valence-corrected chi connectivity index (χ3v) is 4.94. The molecule has 0 radical (unpaired) electrons. The molecule has 0 aliphatic carbocycles. The van der Waals surface area contributed by atoms with E-state index < -0.39 is 11.1 Å². The van der Waals surface area contributed by atoms with Crippen molar-refractivity contribution in [3.8, 4) is 11.1 Å². The fourth-order valence-electron chi connectivity index (χ4n) is 2.68. The Bertz CT molecular complexity index is 925. The minimum absolute atomic E-state index is 0.00674. The minimum atomic E-state index is -1.57. The van der Waals surface area contributed by atoms with Crippen LogP contribution in [0, 0.1) is 5.82 Å². The maximum Gasteiger partial charge on any atom is 0.205 e. The lowest BCUT2D eigenvalue weighted by Crippen LogP contribution is -2.10. The summed E-state index contributed by atoms with van der Waals surface area (Å²) in [4.78, 5) is 2.94. The van der Waals surface area contributed by atoms with Gasteiger partial charge in [-0.25, -0.2) is 8.60 Å². The van der Waals surface area contributed by atoms with Crippen LogP contribution in [0.4, 0.5) is 4.39 Å². The average molecular weight is 345 g/mol. The Labute approximate surface area is 143 Å². The lowest BCUT2D eigenvalue weighted by Gasteiger charge is -2.20. The number of hydrogen-bond donors (Lipinski definition) is 1. The summed E-state index contributed by atoms with van der Waals surface area (Å²) in [7, 11) is 1.37. The molecule has 1 N–H and O–H groups in total. The number of halogens is 1. The van der Waals surface area contributed by atoms with Crippen LogP contribution in [0.15, 0.2) is 47.5 Å².